The van der Waals surface area contributed by atoms with Crippen LogP contribution in [0.1, 0.15) is 6.92 Å². The van der Waals surface area contributed by atoms with Crippen LogP contribution in [0.15, 0.2) is 18.3 Å². The molecule has 0 amide bonds. The summed E-state index contributed by atoms with van der Waals surface area (Å²) < 4.78 is 0.0850. The SMILES string of the molecule is CC1(I)C=[C-]C=c2[nH]ccc2=C1.[U]. The molecule has 1 unspecified atom stereocenters. The largest absolute Gasteiger partial charge is 0.439 e. The summed E-state index contributed by atoms with van der Waals surface area (Å²) in [5.74, 6) is 0. The third-order valence-electron chi connectivity index (χ3n) is 1.84. The van der Waals surface area contributed by atoms with Crippen LogP contribution in [0.3, 0.4) is 0 Å². The molecule has 0 saturated heterocycles. The molecule has 1 atom stereocenters. The predicted molar refractivity (Wildman–Crippen MR) is 59.2 cm³/mol. The molecule has 1 aromatic rings. The van der Waals surface area contributed by atoms with Crippen molar-refractivity contribution in [2.24, 2.45) is 0 Å². The van der Waals surface area contributed by atoms with Gasteiger partial charge in [-0.05, 0) is 13.1 Å². The Morgan fingerprint density at radius 3 is 3.08 bits per heavy atom. The van der Waals surface area contributed by atoms with Gasteiger partial charge in [-0.2, -0.15) is 6.08 Å². The van der Waals surface area contributed by atoms with E-state index in [1.807, 2.05) is 12.3 Å². The van der Waals surface area contributed by atoms with Crippen LogP contribution in [0, 0.1) is 37.2 Å². The number of fused-ring (bicyclic) bond motifs is 1. The van der Waals surface area contributed by atoms with E-state index in [4.69, 9.17) is 0 Å². The van der Waals surface area contributed by atoms with Crippen molar-refractivity contribution >= 4 is 34.7 Å². The Morgan fingerprint density at radius 2 is 2.31 bits per heavy atom. The minimum absolute atomic E-state index is 0. The number of alkyl halides is 1. The molecule has 1 heterocycles. The van der Waals surface area contributed by atoms with Gasteiger partial charge in [0.15, 0.2) is 0 Å². The Balaban J connectivity index is 0.000000845. The van der Waals surface area contributed by atoms with Crippen molar-refractivity contribution in [2.75, 3.05) is 0 Å². The van der Waals surface area contributed by atoms with Gasteiger partial charge in [0.05, 0.1) is 0 Å². The number of nitrogens with one attached hydrogen (secondary N) is 1. The number of hydrogen-bond donors (Lipinski definition) is 1. The van der Waals surface area contributed by atoms with Crippen molar-refractivity contribution < 1.29 is 31.1 Å². The van der Waals surface area contributed by atoms with Crippen LogP contribution in [-0.2, 0) is 0 Å². The van der Waals surface area contributed by atoms with E-state index < -0.39 is 0 Å². The summed E-state index contributed by atoms with van der Waals surface area (Å²) in [4.78, 5) is 3.16. The number of allylic oxidation sites excluding steroid dienone is 2. The number of rotatable bonds is 0. The molecule has 0 radical (unpaired) electrons. The normalized spacial score (nSPS) is 24.8. The molecule has 0 aromatic carbocycles. The van der Waals surface area contributed by atoms with Crippen LogP contribution in [0.25, 0.3) is 12.2 Å². The summed E-state index contributed by atoms with van der Waals surface area (Å²) in [5.41, 5.74) is 0. The maximum Gasteiger partial charge on any atom is 0.0381 e. The average molecular weight is 508 g/mol. The molecule has 1 aromatic heterocycles. The molecule has 1 aliphatic rings. The van der Waals surface area contributed by atoms with Crippen LogP contribution in [-0.4, -0.2) is 8.41 Å². The standard InChI is InChI=1S/C10H9IN.U/c1-10(11)5-2-3-9-8(7-10)4-6-12-9;/h3-7,12H,1H3;/q-1;. The van der Waals surface area contributed by atoms with E-state index in [0.29, 0.717) is 0 Å². The zero-order valence-corrected chi connectivity index (χ0v) is 13.6. The summed E-state index contributed by atoms with van der Waals surface area (Å²) in [6.45, 7) is 2.16. The first-order chi connectivity index (χ1) is 5.67. The molecule has 0 bridgehead atoms. The second-order valence-corrected chi connectivity index (χ2v) is 5.42. The second kappa shape index (κ2) is 4.38. The summed E-state index contributed by atoms with van der Waals surface area (Å²) in [6, 6.07) is 2.09. The third-order valence-corrected chi connectivity index (χ3v) is 2.47. The van der Waals surface area contributed by atoms with Gasteiger partial charge in [-0.3, -0.25) is 6.08 Å². The molecule has 3 heteroatoms. The zero-order chi connectivity index (χ0) is 8.60. The molecular weight excluding hydrogens is 499 g/mol. The molecule has 0 saturated carbocycles. The number of aromatic amines is 1. The van der Waals surface area contributed by atoms with Gasteiger partial charge < -0.3 is 4.98 Å². The molecule has 1 N–H and O–H groups in total. The minimum Gasteiger partial charge on any atom is -0.439 e. The van der Waals surface area contributed by atoms with Crippen molar-refractivity contribution in [1.29, 1.82) is 0 Å². The second-order valence-electron chi connectivity index (χ2n) is 3.10. The Hall–Kier alpha value is 0.542. The van der Waals surface area contributed by atoms with Crippen molar-refractivity contribution in [3.05, 3.63) is 35.0 Å². The fourth-order valence-corrected chi connectivity index (χ4v) is 1.79. The van der Waals surface area contributed by atoms with E-state index in [9.17, 15) is 0 Å². The van der Waals surface area contributed by atoms with E-state index in [1.165, 1.54) is 5.22 Å². The van der Waals surface area contributed by atoms with Crippen LogP contribution in [0.2, 0.25) is 0 Å². The Bertz CT molecular complexity index is 428. The smallest absolute Gasteiger partial charge is 0.0381 e. The Kier molecular flexibility index (Phi) is 3.91. The minimum atomic E-state index is 0. The van der Waals surface area contributed by atoms with E-state index >= 15 is 0 Å². The van der Waals surface area contributed by atoms with Gasteiger partial charge in [0.25, 0.3) is 0 Å². The molecule has 0 fully saturated rings. The molecule has 1 aliphatic carbocycles. The molecule has 13 heavy (non-hydrogen) atoms. The number of aromatic nitrogens is 1. The van der Waals surface area contributed by atoms with Crippen molar-refractivity contribution in [3.8, 4) is 0 Å². The fourth-order valence-electron chi connectivity index (χ4n) is 1.28. The maximum absolute atomic E-state index is 3.16. The van der Waals surface area contributed by atoms with Crippen molar-refractivity contribution in [1.82, 2.24) is 4.98 Å². The Morgan fingerprint density at radius 1 is 1.54 bits per heavy atom. The zero-order valence-electron chi connectivity index (χ0n) is 7.26. The van der Waals surface area contributed by atoms with Crippen LogP contribution in [0.5, 0.6) is 0 Å². The molecule has 0 spiro atoms. The van der Waals surface area contributed by atoms with Gasteiger partial charge in [-0.1, -0.05) is 40.0 Å². The summed E-state index contributed by atoms with van der Waals surface area (Å²) in [7, 11) is 0. The van der Waals surface area contributed by atoms with Gasteiger partial charge in [0.2, 0.25) is 0 Å². The topological polar surface area (TPSA) is 15.8 Å². The van der Waals surface area contributed by atoms with E-state index in [-0.39, 0.29) is 34.5 Å². The maximum atomic E-state index is 3.16. The fraction of sp³-hybridized carbons (Fsp3) is 0.200. The molecule has 2 rings (SSSR count). The number of hydrogen-bond acceptors (Lipinski definition) is 0. The summed E-state index contributed by atoms with van der Waals surface area (Å²) >= 11 is 2.40. The van der Waals surface area contributed by atoms with Crippen molar-refractivity contribution in [2.45, 2.75) is 10.3 Å². The van der Waals surface area contributed by atoms with E-state index in [1.54, 1.807) is 0 Å². The molecule has 0 aliphatic heterocycles. The first-order valence-electron chi connectivity index (χ1n) is 3.83. The summed E-state index contributed by atoms with van der Waals surface area (Å²) in [5, 5.41) is 2.40. The van der Waals surface area contributed by atoms with E-state index in [0.717, 1.165) is 5.35 Å². The Labute approximate surface area is 115 Å². The van der Waals surface area contributed by atoms with Gasteiger partial charge >= 0.3 is 0 Å². The predicted octanol–water partition coefficient (Wildman–Crippen LogP) is 1.14. The third kappa shape index (κ3) is 2.74. The van der Waals surface area contributed by atoms with Gasteiger partial charge in [0.1, 0.15) is 0 Å². The molecule has 66 valence electrons. The number of H-pyrrole nitrogens is 1. The molecule has 1 nitrogen and oxygen atoms in total. The van der Waals surface area contributed by atoms with E-state index in [2.05, 4.69) is 58.8 Å². The van der Waals surface area contributed by atoms with Gasteiger partial charge in [0, 0.05) is 34.5 Å². The first-order valence-corrected chi connectivity index (χ1v) is 4.91. The first kappa shape index (κ1) is 11.6. The average Bonchev–Trinajstić information content (AvgIpc) is 2.31. The van der Waals surface area contributed by atoms with Crippen LogP contribution < -0.4 is 10.6 Å². The quantitative estimate of drug-likeness (QED) is 0.308. The number of halogens is 1. The van der Waals surface area contributed by atoms with Gasteiger partial charge in [-0.15, -0.1) is 5.35 Å². The summed E-state index contributed by atoms with van der Waals surface area (Å²) in [6.07, 6.45) is 11.4. The van der Waals surface area contributed by atoms with Crippen LogP contribution >= 0.6 is 22.6 Å². The van der Waals surface area contributed by atoms with Crippen LogP contribution in [0.4, 0.5) is 0 Å². The molecular formula is C10H9INU-. The van der Waals surface area contributed by atoms with Gasteiger partial charge in [-0.25, -0.2) is 6.08 Å². The van der Waals surface area contributed by atoms with Crippen molar-refractivity contribution in [3.63, 3.8) is 0 Å². The monoisotopic (exact) mass is 508 g/mol.